The molecule has 0 radical (unpaired) electrons. The highest BCUT2D eigenvalue weighted by Crippen LogP contribution is 2.40. The topological polar surface area (TPSA) is 111 Å². The Kier molecular flexibility index (Phi) is 9.62. The number of hydrogen-bond donors (Lipinski definition) is 3. The number of benzene rings is 2. The first kappa shape index (κ1) is 33.4. The van der Waals surface area contributed by atoms with Crippen LogP contribution in [0.4, 0.5) is 28.9 Å². The Balaban J connectivity index is 1.15. The number of alkyl halides is 4. The van der Waals surface area contributed by atoms with E-state index < -0.39 is 29.6 Å². The standard InChI is InChI=1S/C33H39F4N5O4S/c34-22-46-31-18-26(47(38,43)44)10-11-29(31)39-14-2-3-25-17-27-28(4-1-5-30(27)42(25)19-33(35,36)37)40-23-6-8-24(9-7-23)41-15-12-32(13-16-41)20-45-21-32/h1,4-5,10-11,17-18,23-24,39-40H,6-9,12-16,19-22H2,(H2,38,43,44). The van der Waals surface area contributed by atoms with Crippen molar-refractivity contribution in [2.75, 3.05) is 50.3 Å². The van der Waals surface area contributed by atoms with E-state index in [0.717, 1.165) is 63.7 Å². The van der Waals surface area contributed by atoms with Crippen LogP contribution in [0.2, 0.25) is 0 Å². The van der Waals surface area contributed by atoms with E-state index in [0.29, 0.717) is 22.4 Å². The molecule has 47 heavy (non-hydrogen) atoms. The van der Waals surface area contributed by atoms with Crippen molar-refractivity contribution in [3.63, 3.8) is 0 Å². The van der Waals surface area contributed by atoms with Crippen LogP contribution in [0.15, 0.2) is 47.4 Å². The number of nitrogens with two attached hydrogens (primary N) is 1. The van der Waals surface area contributed by atoms with Gasteiger partial charge in [-0.15, -0.1) is 0 Å². The third kappa shape index (κ3) is 7.80. The summed E-state index contributed by atoms with van der Waals surface area (Å²) in [6.45, 7) is 1.59. The lowest BCUT2D eigenvalue weighted by atomic mass is 9.76. The van der Waals surface area contributed by atoms with Crippen LogP contribution >= 0.6 is 0 Å². The van der Waals surface area contributed by atoms with E-state index in [9.17, 15) is 26.0 Å². The highest BCUT2D eigenvalue weighted by molar-refractivity contribution is 7.89. The number of primary sulfonamides is 1. The Morgan fingerprint density at radius 2 is 1.79 bits per heavy atom. The average Bonchev–Trinajstić information content (AvgIpc) is 3.35. The molecular formula is C33H39F4N5O4S. The van der Waals surface area contributed by atoms with Gasteiger partial charge in [0, 0.05) is 34.6 Å². The molecule has 254 valence electrons. The maximum Gasteiger partial charge on any atom is 0.406 e. The lowest BCUT2D eigenvalue weighted by Crippen LogP contribution is -2.53. The molecule has 0 amide bonds. The number of aromatic nitrogens is 1. The van der Waals surface area contributed by atoms with Crippen molar-refractivity contribution in [3.8, 4) is 17.6 Å². The van der Waals surface area contributed by atoms with Crippen LogP contribution < -0.4 is 20.5 Å². The molecule has 0 atom stereocenters. The zero-order chi connectivity index (χ0) is 33.2. The van der Waals surface area contributed by atoms with Crippen molar-refractivity contribution in [1.82, 2.24) is 9.47 Å². The Labute approximate surface area is 271 Å². The number of ether oxygens (including phenoxy) is 2. The molecule has 3 aliphatic rings. The fourth-order valence-electron chi connectivity index (χ4n) is 6.99. The van der Waals surface area contributed by atoms with Gasteiger partial charge in [0.2, 0.25) is 16.9 Å². The van der Waals surface area contributed by atoms with Crippen LogP contribution in [-0.2, 0) is 21.3 Å². The molecule has 3 fully saturated rings. The van der Waals surface area contributed by atoms with Crippen LogP contribution in [-0.4, -0.2) is 75.9 Å². The van der Waals surface area contributed by atoms with Crippen molar-refractivity contribution in [1.29, 1.82) is 0 Å². The van der Waals surface area contributed by atoms with Gasteiger partial charge in [-0.2, -0.15) is 13.2 Å². The Morgan fingerprint density at radius 3 is 2.43 bits per heavy atom. The summed E-state index contributed by atoms with van der Waals surface area (Å²) >= 11 is 0. The molecule has 2 aliphatic heterocycles. The molecule has 1 spiro atoms. The first-order valence-corrected chi connectivity index (χ1v) is 17.3. The average molecular weight is 678 g/mol. The van der Waals surface area contributed by atoms with Crippen molar-refractivity contribution >= 4 is 32.3 Å². The number of likely N-dealkylation sites (tertiary alicyclic amines) is 1. The maximum absolute atomic E-state index is 13.7. The summed E-state index contributed by atoms with van der Waals surface area (Å²) in [5.74, 6) is 5.58. The molecule has 3 aromatic rings. The molecule has 0 bridgehead atoms. The zero-order valence-electron chi connectivity index (χ0n) is 25.9. The van der Waals surface area contributed by atoms with Gasteiger partial charge in [0.05, 0.1) is 41.6 Å². The second-order valence-electron chi connectivity index (χ2n) is 12.8. The van der Waals surface area contributed by atoms with E-state index in [4.69, 9.17) is 14.6 Å². The molecule has 4 N–H and O–H groups in total. The minimum absolute atomic E-state index is 0.0367. The van der Waals surface area contributed by atoms with Gasteiger partial charge in [0.1, 0.15) is 12.3 Å². The normalized spacial score (nSPS) is 21.6. The first-order valence-electron chi connectivity index (χ1n) is 15.8. The summed E-state index contributed by atoms with van der Waals surface area (Å²) in [5.41, 5.74) is 2.06. The van der Waals surface area contributed by atoms with Crippen LogP contribution in [0.5, 0.6) is 5.75 Å². The Hall–Kier alpha value is -3.51. The number of piperidine rings is 1. The number of fused-ring (bicyclic) bond motifs is 1. The first-order chi connectivity index (χ1) is 22.4. The van der Waals surface area contributed by atoms with Crippen molar-refractivity contribution in [3.05, 3.63) is 48.2 Å². The van der Waals surface area contributed by atoms with Crippen molar-refractivity contribution < 1.29 is 35.5 Å². The summed E-state index contributed by atoms with van der Waals surface area (Å²) in [5, 5.41) is 12.3. The minimum atomic E-state index is -4.47. The molecule has 1 aliphatic carbocycles. The lowest BCUT2D eigenvalue weighted by Gasteiger charge is -2.49. The third-order valence-electron chi connectivity index (χ3n) is 9.61. The smallest absolute Gasteiger partial charge is 0.406 e. The molecule has 1 aromatic heterocycles. The largest absolute Gasteiger partial charge is 0.461 e. The number of halogens is 4. The number of nitrogens with zero attached hydrogens (tertiary/aromatic N) is 2. The summed E-state index contributed by atoms with van der Waals surface area (Å²) in [6.07, 6.45) is 2.07. The van der Waals surface area contributed by atoms with Crippen molar-refractivity contribution in [2.45, 2.75) is 68.2 Å². The molecule has 0 unspecified atom stereocenters. The van der Waals surface area contributed by atoms with E-state index >= 15 is 0 Å². The lowest BCUT2D eigenvalue weighted by molar-refractivity contribution is -0.143. The van der Waals surface area contributed by atoms with Gasteiger partial charge in [-0.25, -0.2) is 17.9 Å². The molecule has 3 heterocycles. The monoisotopic (exact) mass is 677 g/mol. The second-order valence-corrected chi connectivity index (χ2v) is 14.3. The maximum atomic E-state index is 13.7. The highest BCUT2D eigenvalue weighted by atomic mass is 32.2. The van der Waals surface area contributed by atoms with Crippen molar-refractivity contribution in [2.24, 2.45) is 10.6 Å². The van der Waals surface area contributed by atoms with Gasteiger partial charge >= 0.3 is 6.18 Å². The Morgan fingerprint density at radius 1 is 1.04 bits per heavy atom. The van der Waals surface area contributed by atoms with Crippen LogP contribution in [0.3, 0.4) is 0 Å². The fourth-order valence-corrected chi connectivity index (χ4v) is 7.52. The van der Waals surface area contributed by atoms with Crippen LogP contribution in [0, 0.1) is 17.3 Å². The van der Waals surface area contributed by atoms with Gasteiger partial charge in [-0.1, -0.05) is 12.0 Å². The molecule has 6 rings (SSSR count). The van der Waals surface area contributed by atoms with Crippen LogP contribution in [0.1, 0.15) is 44.2 Å². The number of rotatable bonds is 9. The molecular weight excluding hydrogens is 638 g/mol. The third-order valence-corrected chi connectivity index (χ3v) is 10.5. The highest BCUT2D eigenvalue weighted by Gasteiger charge is 2.42. The van der Waals surface area contributed by atoms with E-state index in [1.54, 1.807) is 18.2 Å². The van der Waals surface area contributed by atoms with Crippen LogP contribution in [0.25, 0.3) is 10.9 Å². The molecule has 1 saturated carbocycles. The van der Waals surface area contributed by atoms with E-state index in [1.165, 1.54) is 29.5 Å². The van der Waals surface area contributed by atoms with E-state index in [-0.39, 0.29) is 34.6 Å². The summed E-state index contributed by atoms with van der Waals surface area (Å²) < 4.78 is 88.8. The summed E-state index contributed by atoms with van der Waals surface area (Å²) in [6, 6.07) is 11.4. The van der Waals surface area contributed by atoms with Gasteiger partial charge in [-0.3, -0.25) is 0 Å². The van der Waals surface area contributed by atoms with Gasteiger partial charge in [-0.05, 0) is 87.9 Å². The molecule has 2 aromatic carbocycles. The molecule has 14 heteroatoms. The zero-order valence-corrected chi connectivity index (χ0v) is 26.7. The summed E-state index contributed by atoms with van der Waals surface area (Å²) in [7, 11) is -4.04. The van der Waals surface area contributed by atoms with Gasteiger partial charge in [0.25, 0.3) is 0 Å². The fraction of sp³-hybridized carbons (Fsp3) is 0.515. The number of sulfonamides is 1. The Bertz CT molecular complexity index is 1750. The van der Waals surface area contributed by atoms with E-state index in [1.807, 2.05) is 6.07 Å². The number of anilines is 2. The number of nitrogens with one attached hydrogen (secondary N) is 2. The summed E-state index contributed by atoms with van der Waals surface area (Å²) in [4.78, 5) is 2.37. The van der Waals surface area contributed by atoms with Gasteiger partial charge in [0.15, 0.2) is 0 Å². The SMILES string of the molecule is NS(=O)(=O)c1ccc(NCC#Cc2cc3c(NC4CCC(N5CCC6(CC5)COC6)CC4)cccc3n2CC(F)(F)F)c(OCF)c1. The predicted octanol–water partition coefficient (Wildman–Crippen LogP) is 5.46. The van der Waals surface area contributed by atoms with Gasteiger partial charge < -0.3 is 29.6 Å². The number of hydrogen-bond acceptors (Lipinski definition) is 7. The van der Waals surface area contributed by atoms with E-state index in [2.05, 4.69) is 27.4 Å². The molecule has 2 saturated heterocycles. The minimum Gasteiger partial charge on any atom is -0.461 e. The molecule has 9 nitrogen and oxygen atoms in total. The quantitative estimate of drug-likeness (QED) is 0.204. The predicted molar refractivity (Wildman–Crippen MR) is 172 cm³/mol. The second kappa shape index (κ2) is 13.5.